The van der Waals surface area contributed by atoms with Crippen LogP contribution in [0.3, 0.4) is 0 Å². The van der Waals surface area contributed by atoms with Crippen molar-refractivity contribution in [3.63, 3.8) is 0 Å². The first-order chi connectivity index (χ1) is 13.1. The molecule has 0 bridgehead atoms. The first-order valence-corrected chi connectivity index (χ1v) is 8.84. The van der Waals surface area contributed by atoms with Crippen molar-refractivity contribution in [1.82, 2.24) is 0 Å². The van der Waals surface area contributed by atoms with E-state index in [9.17, 15) is 9.59 Å². The molecule has 0 fully saturated rings. The fourth-order valence-corrected chi connectivity index (χ4v) is 2.61. The molecule has 0 aliphatic rings. The number of carbonyl (C=O) groups is 2. The SMILES string of the molecule is CCOC(=O)c1cccc(CCOC(=O)c2ccccc2OC)c1OCC. The fraction of sp³-hybridized carbons (Fsp3) is 0.333. The van der Waals surface area contributed by atoms with E-state index in [0.29, 0.717) is 35.7 Å². The van der Waals surface area contributed by atoms with Gasteiger partial charge in [0.25, 0.3) is 0 Å². The minimum atomic E-state index is -0.466. The number of carbonyl (C=O) groups excluding carboxylic acids is 2. The summed E-state index contributed by atoms with van der Waals surface area (Å²) in [5, 5.41) is 0. The molecular formula is C21H24O6. The van der Waals surface area contributed by atoms with E-state index in [4.69, 9.17) is 18.9 Å². The lowest BCUT2D eigenvalue weighted by atomic mass is 10.1. The number of hydrogen-bond acceptors (Lipinski definition) is 6. The molecule has 0 N–H and O–H groups in total. The van der Waals surface area contributed by atoms with Gasteiger partial charge in [0.2, 0.25) is 0 Å². The van der Waals surface area contributed by atoms with Gasteiger partial charge in [-0.05, 0) is 37.6 Å². The number of methoxy groups -OCH3 is 1. The summed E-state index contributed by atoms with van der Waals surface area (Å²) in [5.74, 6) is 0.0226. The maximum Gasteiger partial charge on any atom is 0.341 e. The molecule has 0 atom stereocenters. The van der Waals surface area contributed by atoms with Crippen LogP contribution in [0.1, 0.15) is 40.1 Å². The average molecular weight is 372 g/mol. The Morgan fingerprint density at radius 3 is 2.26 bits per heavy atom. The Balaban J connectivity index is 2.10. The highest BCUT2D eigenvalue weighted by atomic mass is 16.5. The maximum absolute atomic E-state index is 12.3. The summed E-state index contributed by atoms with van der Waals surface area (Å²) < 4.78 is 21.3. The maximum atomic E-state index is 12.3. The van der Waals surface area contributed by atoms with E-state index >= 15 is 0 Å². The third-order valence-corrected chi connectivity index (χ3v) is 3.81. The molecule has 2 aromatic carbocycles. The van der Waals surface area contributed by atoms with E-state index < -0.39 is 11.9 Å². The number of para-hydroxylation sites is 2. The molecule has 0 saturated heterocycles. The largest absolute Gasteiger partial charge is 0.496 e. The highest BCUT2D eigenvalue weighted by Crippen LogP contribution is 2.26. The van der Waals surface area contributed by atoms with Crippen molar-refractivity contribution in [2.75, 3.05) is 26.9 Å². The van der Waals surface area contributed by atoms with Gasteiger partial charge in [0, 0.05) is 6.42 Å². The van der Waals surface area contributed by atoms with Crippen LogP contribution >= 0.6 is 0 Å². The summed E-state index contributed by atoms with van der Waals surface area (Å²) in [6, 6.07) is 12.1. The Morgan fingerprint density at radius 2 is 1.56 bits per heavy atom. The molecule has 0 amide bonds. The second-order valence-electron chi connectivity index (χ2n) is 5.53. The molecule has 0 spiro atoms. The molecule has 0 aromatic heterocycles. The van der Waals surface area contributed by atoms with Crippen LogP contribution < -0.4 is 9.47 Å². The molecule has 6 heteroatoms. The molecule has 6 nitrogen and oxygen atoms in total. The van der Waals surface area contributed by atoms with Gasteiger partial charge in [-0.1, -0.05) is 24.3 Å². The van der Waals surface area contributed by atoms with Gasteiger partial charge < -0.3 is 18.9 Å². The molecule has 0 aliphatic carbocycles. The zero-order valence-corrected chi connectivity index (χ0v) is 15.8. The van der Waals surface area contributed by atoms with Crippen LogP contribution in [-0.2, 0) is 15.9 Å². The Labute approximate surface area is 159 Å². The summed E-state index contributed by atoms with van der Waals surface area (Å²) in [5.41, 5.74) is 1.51. The molecule has 2 rings (SSSR count). The fourth-order valence-electron chi connectivity index (χ4n) is 2.61. The monoisotopic (exact) mass is 372 g/mol. The number of rotatable bonds is 9. The first kappa shape index (κ1) is 20.3. The molecular weight excluding hydrogens is 348 g/mol. The van der Waals surface area contributed by atoms with Gasteiger partial charge >= 0.3 is 11.9 Å². The van der Waals surface area contributed by atoms with Crippen LogP contribution in [0.2, 0.25) is 0 Å². The second kappa shape index (κ2) is 10.2. The quantitative estimate of drug-likeness (QED) is 0.626. The Bertz CT molecular complexity index is 784. The standard InChI is InChI=1S/C21H24O6/c1-4-25-19-15(9-8-11-17(19)21(23)26-5-2)13-14-27-20(22)16-10-6-7-12-18(16)24-3/h6-12H,4-5,13-14H2,1-3H3. The van der Waals surface area contributed by atoms with Crippen molar-refractivity contribution in [1.29, 1.82) is 0 Å². The third-order valence-electron chi connectivity index (χ3n) is 3.81. The van der Waals surface area contributed by atoms with Crippen molar-refractivity contribution in [2.24, 2.45) is 0 Å². The van der Waals surface area contributed by atoms with E-state index in [1.807, 2.05) is 13.0 Å². The van der Waals surface area contributed by atoms with Crippen molar-refractivity contribution in [3.8, 4) is 11.5 Å². The molecule has 27 heavy (non-hydrogen) atoms. The summed E-state index contributed by atoms with van der Waals surface area (Å²) in [6.45, 7) is 4.42. The lowest BCUT2D eigenvalue weighted by Crippen LogP contribution is -2.12. The average Bonchev–Trinajstić information content (AvgIpc) is 2.69. The minimum absolute atomic E-state index is 0.142. The topological polar surface area (TPSA) is 71.1 Å². The highest BCUT2D eigenvalue weighted by Gasteiger charge is 2.18. The highest BCUT2D eigenvalue weighted by molar-refractivity contribution is 5.93. The van der Waals surface area contributed by atoms with Gasteiger partial charge in [0.15, 0.2) is 0 Å². The molecule has 0 radical (unpaired) electrons. The first-order valence-electron chi connectivity index (χ1n) is 8.84. The third kappa shape index (κ3) is 5.23. The number of hydrogen-bond donors (Lipinski definition) is 0. The Kier molecular flexibility index (Phi) is 7.67. The van der Waals surface area contributed by atoms with Crippen molar-refractivity contribution in [3.05, 3.63) is 59.2 Å². The number of esters is 2. The zero-order valence-electron chi connectivity index (χ0n) is 15.8. The Morgan fingerprint density at radius 1 is 0.852 bits per heavy atom. The minimum Gasteiger partial charge on any atom is -0.496 e. The molecule has 2 aromatic rings. The smallest absolute Gasteiger partial charge is 0.341 e. The number of ether oxygens (including phenoxy) is 4. The summed E-state index contributed by atoms with van der Waals surface area (Å²) in [6.07, 6.45) is 0.406. The van der Waals surface area contributed by atoms with Crippen molar-refractivity contribution in [2.45, 2.75) is 20.3 Å². The van der Waals surface area contributed by atoms with Crippen LogP contribution in [0.4, 0.5) is 0 Å². The summed E-state index contributed by atoms with van der Waals surface area (Å²) in [4.78, 5) is 24.4. The van der Waals surface area contributed by atoms with Gasteiger partial charge in [0.05, 0.1) is 26.9 Å². The van der Waals surface area contributed by atoms with Gasteiger partial charge in [-0.25, -0.2) is 9.59 Å². The predicted octanol–water partition coefficient (Wildman–Crippen LogP) is 3.67. The summed E-state index contributed by atoms with van der Waals surface area (Å²) >= 11 is 0. The lowest BCUT2D eigenvalue weighted by Gasteiger charge is -2.14. The normalized spacial score (nSPS) is 10.2. The van der Waals surface area contributed by atoms with Crippen LogP contribution in [-0.4, -0.2) is 38.9 Å². The molecule has 144 valence electrons. The van der Waals surface area contributed by atoms with Crippen LogP contribution in [0, 0.1) is 0 Å². The predicted molar refractivity (Wildman–Crippen MR) is 101 cm³/mol. The molecule has 0 aliphatic heterocycles. The van der Waals surface area contributed by atoms with E-state index in [1.54, 1.807) is 43.3 Å². The van der Waals surface area contributed by atoms with Gasteiger partial charge in [-0.15, -0.1) is 0 Å². The van der Waals surface area contributed by atoms with Crippen LogP contribution in [0.15, 0.2) is 42.5 Å². The molecule has 0 heterocycles. The number of benzene rings is 2. The molecule has 0 unspecified atom stereocenters. The van der Waals surface area contributed by atoms with Crippen LogP contribution in [0.25, 0.3) is 0 Å². The van der Waals surface area contributed by atoms with Gasteiger partial charge in [0.1, 0.15) is 22.6 Å². The van der Waals surface area contributed by atoms with E-state index in [1.165, 1.54) is 7.11 Å². The molecule has 0 saturated carbocycles. The Hall–Kier alpha value is -3.02. The van der Waals surface area contributed by atoms with Gasteiger partial charge in [-0.3, -0.25) is 0 Å². The van der Waals surface area contributed by atoms with E-state index in [-0.39, 0.29) is 13.2 Å². The zero-order chi connectivity index (χ0) is 19.6. The van der Waals surface area contributed by atoms with Gasteiger partial charge in [-0.2, -0.15) is 0 Å². The second-order valence-corrected chi connectivity index (χ2v) is 5.53. The summed E-state index contributed by atoms with van der Waals surface area (Å²) in [7, 11) is 1.50. The van der Waals surface area contributed by atoms with E-state index in [0.717, 1.165) is 5.56 Å². The van der Waals surface area contributed by atoms with Crippen molar-refractivity contribution >= 4 is 11.9 Å². The van der Waals surface area contributed by atoms with Crippen LogP contribution in [0.5, 0.6) is 11.5 Å². The lowest BCUT2D eigenvalue weighted by molar-refractivity contribution is 0.0495. The van der Waals surface area contributed by atoms with Crippen molar-refractivity contribution < 1.29 is 28.5 Å². The van der Waals surface area contributed by atoms with E-state index in [2.05, 4.69) is 0 Å².